The molecule has 0 aliphatic carbocycles. The molecular formula is C16H17NO. The van der Waals surface area contributed by atoms with Crippen LogP contribution < -0.4 is 4.74 Å². The Hall–Kier alpha value is -2.01. The number of methoxy groups -OCH3 is 1. The summed E-state index contributed by atoms with van der Waals surface area (Å²) in [7, 11) is 1.68. The summed E-state index contributed by atoms with van der Waals surface area (Å²) < 4.78 is 5.38. The van der Waals surface area contributed by atoms with Crippen molar-refractivity contribution in [3.63, 3.8) is 0 Å². The zero-order valence-corrected chi connectivity index (χ0v) is 10.9. The van der Waals surface area contributed by atoms with Crippen molar-refractivity contribution in [2.45, 2.75) is 26.2 Å². The van der Waals surface area contributed by atoms with Gasteiger partial charge in [0.25, 0.3) is 0 Å². The van der Waals surface area contributed by atoms with Gasteiger partial charge in [-0.15, -0.1) is 0 Å². The van der Waals surface area contributed by atoms with E-state index < -0.39 is 0 Å². The minimum absolute atomic E-state index is 0.819. The van der Waals surface area contributed by atoms with Crippen LogP contribution >= 0.6 is 0 Å². The molecule has 0 bridgehead atoms. The lowest BCUT2D eigenvalue weighted by atomic mass is 10.1. The monoisotopic (exact) mass is 239 g/mol. The van der Waals surface area contributed by atoms with Crippen LogP contribution in [0.15, 0.2) is 30.6 Å². The standard InChI is InChI=1S/C16H17NO/c1-3-4-5-6-7-14-15-12-17-11-10-13(15)8-9-16(14)18-2/h8-12H,3-5H2,1-2H3. The van der Waals surface area contributed by atoms with Crippen molar-refractivity contribution in [2.75, 3.05) is 7.11 Å². The number of benzene rings is 1. The molecule has 0 spiro atoms. The van der Waals surface area contributed by atoms with Crippen molar-refractivity contribution in [3.8, 4) is 17.6 Å². The fourth-order valence-corrected chi connectivity index (χ4v) is 1.86. The molecule has 2 aromatic rings. The Morgan fingerprint density at radius 2 is 2.17 bits per heavy atom. The van der Waals surface area contributed by atoms with Gasteiger partial charge in [-0.2, -0.15) is 0 Å². The lowest BCUT2D eigenvalue weighted by Crippen LogP contribution is -1.90. The van der Waals surface area contributed by atoms with E-state index in [9.17, 15) is 0 Å². The molecule has 92 valence electrons. The van der Waals surface area contributed by atoms with Gasteiger partial charge in [0.05, 0.1) is 12.7 Å². The highest BCUT2D eigenvalue weighted by Gasteiger charge is 2.05. The van der Waals surface area contributed by atoms with E-state index in [0.29, 0.717) is 0 Å². The van der Waals surface area contributed by atoms with Crippen LogP contribution in [-0.4, -0.2) is 12.1 Å². The number of hydrogen-bond acceptors (Lipinski definition) is 2. The number of nitrogens with zero attached hydrogens (tertiary/aromatic N) is 1. The van der Waals surface area contributed by atoms with Gasteiger partial charge >= 0.3 is 0 Å². The zero-order chi connectivity index (χ0) is 12.8. The molecule has 1 aromatic heterocycles. The van der Waals surface area contributed by atoms with Crippen LogP contribution in [0.2, 0.25) is 0 Å². The van der Waals surface area contributed by atoms with Gasteiger partial charge in [-0.3, -0.25) is 4.98 Å². The summed E-state index contributed by atoms with van der Waals surface area (Å²) in [4.78, 5) is 4.17. The second-order valence-electron chi connectivity index (χ2n) is 4.14. The summed E-state index contributed by atoms with van der Waals surface area (Å²) in [6, 6.07) is 5.99. The number of pyridine rings is 1. The molecule has 1 aromatic carbocycles. The highest BCUT2D eigenvalue weighted by atomic mass is 16.5. The summed E-state index contributed by atoms with van der Waals surface area (Å²) in [5.41, 5.74) is 0.944. The number of ether oxygens (including phenoxy) is 1. The Morgan fingerprint density at radius 1 is 1.28 bits per heavy atom. The molecule has 0 amide bonds. The normalized spacial score (nSPS) is 9.89. The van der Waals surface area contributed by atoms with Crippen molar-refractivity contribution in [3.05, 3.63) is 36.2 Å². The smallest absolute Gasteiger partial charge is 0.135 e. The average Bonchev–Trinajstić information content (AvgIpc) is 2.43. The molecule has 0 aliphatic heterocycles. The molecule has 0 N–H and O–H groups in total. The lowest BCUT2D eigenvalue weighted by Gasteiger charge is -2.06. The summed E-state index contributed by atoms with van der Waals surface area (Å²) in [6.45, 7) is 2.17. The molecule has 0 saturated heterocycles. The molecule has 0 fully saturated rings. The predicted molar refractivity (Wildman–Crippen MR) is 74.7 cm³/mol. The Morgan fingerprint density at radius 3 is 2.94 bits per heavy atom. The topological polar surface area (TPSA) is 22.1 Å². The van der Waals surface area contributed by atoms with E-state index in [-0.39, 0.29) is 0 Å². The van der Waals surface area contributed by atoms with E-state index in [0.717, 1.165) is 34.9 Å². The molecule has 2 heteroatoms. The first kappa shape index (κ1) is 12.4. The Balaban J connectivity index is 2.46. The molecule has 0 radical (unpaired) electrons. The first-order valence-electron chi connectivity index (χ1n) is 6.26. The molecule has 0 atom stereocenters. The summed E-state index contributed by atoms with van der Waals surface area (Å²) >= 11 is 0. The molecule has 1 heterocycles. The number of rotatable bonds is 3. The van der Waals surface area contributed by atoms with E-state index >= 15 is 0 Å². The van der Waals surface area contributed by atoms with Gasteiger partial charge < -0.3 is 4.74 Å². The second-order valence-corrected chi connectivity index (χ2v) is 4.14. The molecular weight excluding hydrogens is 222 g/mol. The Labute approximate surface area is 108 Å². The highest BCUT2D eigenvalue weighted by Crippen LogP contribution is 2.26. The zero-order valence-electron chi connectivity index (χ0n) is 10.9. The maximum absolute atomic E-state index is 5.38. The third-order valence-corrected chi connectivity index (χ3v) is 2.87. The molecule has 0 unspecified atom stereocenters. The van der Waals surface area contributed by atoms with Gasteiger partial charge in [0.2, 0.25) is 0 Å². The third-order valence-electron chi connectivity index (χ3n) is 2.87. The maximum Gasteiger partial charge on any atom is 0.135 e. The highest BCUT2D eigenvalue weighted by molar-refractivity contribution is 5.89. The van der Waals surface area contributed by atoms with E-state index in [1.807, 2.05) is 24.4 Å². The second kappa shape index (κ2) is 6.07. The SMILES string of the molecule is CCCCC#Cc1c(OC)ccc2ccncc12. The number of aromatic nitrogens is 1. The predicted octanol–water partition coefficient (Wildman–Crippen LogP) is 3.79. The third kappa shape index (κ3) is 2.62. The molecule has 0 saturated carbocycles. The lowest BCUT2D eigenvalue weighted by molar-refractivity contribution is 0.414. The largest absolute Gasteiger partial charge is 0.495 e. The van der Waals surface area contributed by atoms with Crippen molar-refractivity contribution in [1.29, 1.82) is 0 Å². The fourth-order valence-electron chi connectivity index (χ4n) is 1.86. The van der Waals surface area contributed by atoms with Crippen LogP contribution in [0.25, 0.3) is 10.8 Å². The molecule has 0 aliphatic rings. The Bertz CT molecular complexity index is 593. The average molecular weight is 239 g/mol. The maximum atomic E-state index is 5.38. The van der Waals surface area contributed by atoms with E-state index in [4.69, 9.17) is 4.74 Å². The van der Waals surface area contributed by atoms with Crippen molar-refractivity contribution in [1.82, 2.24) is 4.98 Å². The summed E-state index contributed by atoms with van der Waals surface area (Å²) in [5.74, 6) is 7.26. The van der Waals surface area contributed by atoms with Crippen molar-refractivity contribution in [2.24, 2.45) is 0 Å². The van der Waals surface area contributed by atoms with Gasteiger partial charge in [-0.1, -0.05) is 31.3 Å². The minimum Gasteiger partial charge on any atom is -0.495 e. The molecule has 2 nitrogen and oxygen atoms in total. The van der Waals surface area contributed by atoms with Crippen LogP contribution in [-0.2, 0) is 0 Å². The Kier molecular flexibility index (Phi) is 4.20. The van der Waals surface area contributed by atoms with Gasteiger partial charge in [0.1, 0.15) is 5.75 Å². The summed E-state index contributed by atoms with van der Waals surface area (Å²) in [6.07, 6.45) is 6.88. The van der Waals surface area contributed by atoms with Crippen LogP contribution in [0.1, 0.15) is 31.7 Å². The number of fused-ring (bicyclic) bond motifs is 1. The number of unbranched alkanes of at least 4 members (excludes halogenated alkanes) is 2. The quantitative estimate of drug-likeness (QED) is 0.600. The minimum atomic E-state index is 0.819. The van der Waals surface area contributed by atoms with E-state index in [1.165, 1.54) is 6.42 Å². The molecule has 2 rings (SSSR count). The van der Waals surface area contributed by atoms with Crippen molar-refractivity contribution >= 4 is 10.8 Å². The molecule has 18 heavy (non-hydrogen) atoms. The van der Waals surface area contributed by atoms with E-state index in [2.05, 4.69) is 23.7 Å². The van der Waals surface area contributed by atoms with Gasteiger partial charge in [0, 0.05) is 24.2 Å². The number of hydrogen-bond donors (Lipinski definition) is 0. The van der Waals surface area contributed by atoms with Gasteiger partial charge in [0.15, 0.2) is 0 Å². The van der Waals surface area contributed by atoms with Crippen LogP contribution in [0.5, 0.6) is 5.75 Å². The van der Waals surface area contributed by atoms with Gasteiger partial charge in [-0.25, -0.2) is 0 Å². The van der Waals surface area contributed by atoms with Gasteiger partial charge in [-0.05, 0) is 23.9 Å². The van der Waals surface area contributed by atoms with Crippen LogP contribution in [0, 0.1) is 11.8 Å². The van der Waals surface area contributed by atoms with Crippen molar-refractivity contribution < 1.29 is 4.74 Å². The van der Waals surface area contributed by atoms with E-state index in [1.54, 1.807) is 13.3 Å². The summed E-state index contributed by atoms with van der Waals surface area (Å²) in [5, 5.41) is 2.20. The van der Waals surface area contributed by atoms with Crippen LogP contribution in [0.3, 0.4) is 0 Å². The first-order chi connectivity index (χ1) is 8.86. The first-order valence-corrected chi connectivity index (χ1v) is 6.26. The fraction of sp³-hybridized carbons (Fsp3) is 0.312. The van der Waals surface area contributed by atoms with Crippen LogP contribution in [0.4, 0.5) is 0 Å².